The van der Waals surface area contributed by atoms with E-state index in [4.69, 9.17) is 20.8 Å². The fourth-order valence-electron chi connectivity index (χ4n) is 3.61. The molecule has 7 nitrogen and oxygen atoms in total. The third-order valence-corrected chi connectivity index (χ3v) is 6.89. The van der Waals surface area contributed by atoms with E-state index in [-0.39, 0.29) is 42.8 Å². The molecular formula is C29H33ClN2O5S. The first-order valence-corrected chi connectivity index (χ1v) is 14.0. The highest BCUT2D eigenvalue weighted by Crippen LogP contribution is 2.19. The molecule has 202 valence electrons. The van der Waals surface area contributed by atoms with Crippen molar-refractivity contribution < 1.29 is 23.5 Å². The minimum absolute atomic E-state index is 0.142. The maximum atomic E-state index is 13.5. The van der Waals surface area contributed by atoms with Crippen LogP contribution in [0.1, 0.15) is 38.0 Å². The lowest BCUT2D eigenvalue weighted by atomic mass is 10.0. The molecule has 1 atom stereocenters. The van der Waals surface area contributed by atoms with Crippen molar-refractivity contribution >= 4 is 41.0 Å². The number of nitrogens with one attached hydrogen (secondary N) is 1. The van der Waals surface area contributed by atoms with Crippen LogP contribution in [-0.4, -0.2) is 41.0 Å². The van der Waals surface area contributed by atoms with Crippen molar-refractivity contribution in [1.82, 2.24) is 10.4 Å². The van der Waals surface area contributed by atoms with Gasteiger partial charge in [-0.25, -0.2) is 5.01 Å². The summed E-state index contributed by atoms with van der Waals surface area (Å²) >= 11 is 7.45. The topological polar surface area (TPSA) is 88.9 Å². The lowest BCUT2D eigenvalue weighted by molar-refractivity contribution is -0.148. The molecule has 1 heterocycles. The normalized spacial score (nSPS) is 11.7. The zero-order valence-electron chi connectivity index (χ0n) is 21.6. The Hall–Kier alpha value is -3.23. The number of halogens is 1. The maximum Gasteiger partial charge on any atom is 0.276 e. The van der Waals surface area contributed by atoms with Gasteiger partial charge < -0.3 is 9.15 Å². The van der Waals surface area contributed by atoms with Crippen LogP contribution < -0.4 is 10.2 Å². The summed E-state index contributed by atoms with van der Waals surface area (Å²) in [4.78, 5) is 39.8. The van der Waals surface area contributed by atoms with E-state index in [1.54, 1.807) is 48.7 Å². The number of rotatable bonds is 14. The van der Waals surface area contributed by atoms with Gasteiger partial charge in [-0.2, -0.15) is 0 Å². The minimum Gasteiger partial charge on any atom is -0.484 e. The van der Waals surface area contributed by atoms with E-state index in [9.17, 15) is 14.4 Å². The first-order valence-electron chi connectivity index (χ1n) is 12.5. The van der Waals surface area contributed by atoms with Crippen molar-refractivity contribution in [2.24, 2.45) is 5.92 Å². The van der Waals surface area contributed by atoms with Crippen molar-refractivity contribution in [1.29, 1.82) is 0 Å². The number of ether oxygens (including phenoxy) is 1. The monoisotopic (exact) mass is 556 g/mol. The summed E-state index contributed by atoms with van der Waals surface area (Å²) < 4.78 is 10.9. The van der Waals surface area contributed by atoms with E-state index in [1.807, 2.05) is 38.1 Å². The summed E-state index contributed by atoms with van der Waals surface area (Å²) in [7, 11) is 0. The summed E-state index contributed by atoms with van der Waals surface area (Å²) in [6, 6.07) is 18.8. The third-order valence-electron chi connectivity index (χ3n) is 5.66. The van der Waals surface area contributed by atoms with Gasteiger partial charge in [0.15, 0.2) is 12.4 Å². The highest BCUT2D eigenvalue weighted by Gasteiger charge is 2.31. The van der Waals surface area contributed by atoms with Gasteiger partial charge in [-0.3, -0.25) is 19.8 Å². The number of benzene rings is 2. The second-order valence-electron chi connectivity index (χ2n) is 9.22. The molecule has 0 radical (unpaired) electrons. The van der Waals surface area contributed by atoms with Crippen LogP contribution in [0.25, 0.3) is 0 Å². The predicted octanol–water partition coefficient (Wildman–Crippen LogP) is 5.72. The van der Waals surface area contributed by atoms with Crippen LogP contribution in [0.3, 0.4) is 0 Å². The van der Waals surface area contributed by atoms with Gasteiger partial charge in [0.05, 0.1) is 17.8 Å². The molecule has 3 rings (SSSR count). The number of Topliss-reactive ketones (excluding diaryl/α,β-unsaturated/α-hetero) is 1. The van der Waals surface area contributed by atoms with Gasteiger partial charge in [-0.1, -0.05) is 55.8 Å². The number of amides is 2. The van der Waals surface area contributed by atoms with E-state index in [0.29, 0.717) is 22.9 Å². The van der Waals surface area contributed by atoms with E-state index in [2.05, 4.69) is 5.43 Å². The molecule has 0 aliphatic heterocycles. The van der Waals surface area contributed by atoms with Gasteiger partial charge in [0, 0.05) is 17.9 Å². The Morgan fingerprint density at radius 2 is 1.76 bits per heavy atom. The molecular weight excluding hydrogens is 524 g/mol. The predicted molar refractivity (Wildman–Crippen MR) is 150 cm³/mol. The minimum atomic E-state index is -0.902. The van der Waals surface area contributed by atoms with E-state index in [0.717, 1.165) is 11.3 Å². The smallest absolute Gasteiger partial charge is 0.276 e. The van der Waals surface area contributed by atoms with Crippen LogP contribution in [0.15, 0.2) is 77.4 Å². The highest BCUT2D eigenvalue weighted by atomic mass is 35.5. The standard InChI is InChI=1S/C29H33ClN2O5S/c1-21(2)10-15-29(35)32(31-28(34)18-37-24-7-4-3-5-8-24)26(17-22-11-13-23(30)14-12-22)27(33)20-38-19-25-9-6-16-36-25/h3-9,11-14,16,21,26H,10,15,17-20H2,1-2H3,(H,31,34). The molecule has 3 aromatic rings. The number of hydrogen-bond acceptors (Lipinski definition) is 6. The van der Waals surface area contributed by atoms with Gasteiger partial charge >= 0.3 is 0 Å². The Morgan fingerprint density at radius 3 is 2.42 bits per heavy atom. The Morgan fingerprint density at radius 1 is 1.03 bits per heavy atom. The van der Waals surface area contributed by atoms with Gasteiger partial charge in [0.2, 0.25) is 5.91 Å². The number of hydrazine groups is 1. The molecule has 0 saturated heterocycles. The van der Waals surface area contributed by atoms with Gasteiger partial charge in [0.25, 0.3) is 5.91 Å². The lowest BCUT2D eigenvalue weighted by Gasteiger charge is -2.31. The fraction of sp³-hybridized carbons (Fsp3) is 0.345. The van der Waals surface area contributed by atoms with Crippen molar-refractivity contribution in [3.63, 3.8) is 0 Å². The number of carbonyl (C=O) groups excluding carboxylic acids is 3. The van der Waals surface area contributed by atoms with Crippen molar-refractivity contribution in [2.75, 3.05) is 12.4 Å². The average molecular weight is 557 g/mol. The third kappa shape index (κ3) is 9.91. The number of thioether (sulfide) groups is 1. The molecule has 0 spiro atoms. The molecule has 0 bridgehead atoms. The summed E-state index contributed by atoms with van der Waals surface area (Å²) in [5, 5.41) is 1.77. The number of ketones is 1. The number of furan rings is 1. The molecule has 0 saturated carbocycles. The van der Waals surface area contributed by atoms with Gasteiger partial charge in [-0.05, 0) is 54.3 Å². The molecule has 38 heavy (non-hydrogen) atoms. The van der Waals surface area contributed by atoms with Crippen molar-refractivity contribution in [2.45, 2.75) is 44.9 Å². The SMILES string of the molecule is CC(C)CCC(=O)N(NC(=O)COc1ccccc1)C(Cc1ccc(Cl)cc1)C(=O)CSCc1ccco1. The molecule has 0 fully saturated rings. The maximum absolute atomic E-state index is 13.5. The first kappa shape index (κ1) is 29.3. The van der Waals surface area contributed by atoms with Crippen molar-refractivity contribution in [3.8, 4) is 5.75 Å². The zero-order valence-corrected chi connectivity index (χ0v) is 23.2. The van der Waals surface area contributed by atoms with Crippen LogP contribution in [0, 0.1) is 5.92 Å². The molecule has 2 amide bonds. The van der Waals surface area contributed by atoms with E-state index < -0.39 is 11.9 Å². The summed E-state index contributed by atoms with van der Waals surface area (Å²) in [5.74, 6) is 1.20. The quantitative estimate of drug-likeness (QED) is 0.255. The molecule has 0 aliphatic carbocycles. The molecule has 1 unspecified atom stereocenters. The molecule has 0 aliphatic rings. The van der Waals surface area contributed by atoms with Gasteiger partial charge in [0.1, 0.15) is 17.6 Å². The molecule has 1 aromatic heterocycles. The summed E-state index contributed by atoms with van der Waals surface area (Å²) in [6.07, 6.45) is 2.63. The molecule has 2 aromatic carbocycles. The van der Waals surface area contributed by atoms with Crippen molar-refractivity contribution in [3.05, 3.63) is 89.3 Å². The van der Waals surface area contributed by atoms with E-state index in [1.165, 1.54) is 16.8 Å². The van der Waals surface area contributed by atoms with Crippen LogP contribution in [-0.2, 0) is 26.6 Å². The Labute approximate surface area is 232 Å². The van der Waals surface area contributed by atoms with Gasteiger partial charge in [-0.15, -0.1) is 11.8 Å². The number of hydrogen-bond donors (Lipinski definition) is 1. The largest absolute Gasteiger partial charge is 0.484 e. The van der Waals surface area contributed by atoms with Crippen LogP contribution in [0.2, 0.25) is 5.02 Å². The second kappa shape index (κ2) is 15.2. The summed E-state index contributed by atoms with van der Waals surface area (Å²) in [5.41, 5.74) is 3.49. The lowest BCUT2D eigenvalue weighted by Crippen LogP contribution is -2.57. The second-order valence-corrected chi connectivity index (χ2v) is 10.6. The highest BCUT2D eigenvalue weighted by molar-refractivity contribution is 7.99. The number of para-hydroxylation sites is 1. The van der Waals surface area contributed by atoms with E-state index >= 15 is 0 Å². The van der Waals surface area contributed by atoms with Crippen LogP contribution in [0.5, 0.6) is 5.75 Å². The first-order chi connectivity index (χ1) is 18.3. The Bertz CT molecular complexity index is 1150. The Balaban J connectivity index is 1.78. The number of carbonyl (C=O) groups is 3. The number of nitrogens with zero attached hydrogens (tertiary/aromatic N) is 1. The molecule has 1 N–H and O–H groups in total. The summed E-state index contributed by atoms with van der Waals surface area (Å²) in [6.45, 7) is 3.74. The van der Waals surface area contributed by atoms with Crippen LogP contribution >= 0.6 is 23.4 Å². The average Bonchev–Trinajstić information content (AvgIpc) is 3.43. The zero-order chi connectivity index (χ0) is 27.3. The fourth-order valence-corrected chi connectivity index (χ4v) is 4.60. The Kier molecular flexibility index (Phi) is 11.8. The molecule has 9 heteroatoms. The van der Waals surface area contributed by atoms with Crippen LogP contribution in [0.4, 0.5) is 0 Å².